The highest BCUT2D eigenvalue weighted by atomic mass is 35.5. The van der Waals surface area contributed by atoms with Gasteiger partial charge in [0.05, 0.1) is 17.8 Å². The molecule has 184 valence electrons. The van der Waals surface area contributed by atoms with E-state index in [0.717, 1.165) is 18.6 Å². The van der Waals surface area contributed by atoms with Crippen LogP contribution in [0.5, 0.6) is 5.75 Å². The molecular formula is C19H16ClF6N5O2S. The Kier molecular flexibility index (Phi) is 8.42. The standard InChI is InChI=1S/C19H14ClF6N5O2.H2S/c1-10(30-17(32)11-4-12(19(24,25)26)6-13(20)5-11)16-28-9-29-31(16)15-3-2-14(7-27-15)33-8-18(21,22)23;/h2-7,9-10H,8H2,1H3,(H,30,32);1H2/t10-;/m0./s1. The van der Waals surface area contributed by atoms with E-state index in [9.17, 15) is 31.1 Å². The number of ether oxygens (including phenoxy) is 1. The molecule has 0 saturated carbocycles. The predicted octanol–water partition coefficient (Wildman–Crippen LogP) is 4.88. The minimum atomic E-state index is -4.69. The van der Waals surface area contributed by atoms with Gasteiger partial charge in [0.25, 0.3) is 5.91 Å². The number of alkyl halides is 6. The summed E-state index contributed by atoms with van der Waals surface area (Å²) in [7, 11) is 0. The maximum Gasteiger partial charge on any atom is 0.422 e. The maximum atomic E-state index is 13.0. The third-order valence-corrected chi connectivity index (χ3v) is 4.35. The lowest BCUT2D eigenvalue weighted by molar-refractivity contribution is -0.153. The fraction of sp³-hybridized carbons (Fsp3) is 0.263. The molecule has 2 heterocycles. The zero-order valence-corrected chi connectivity index (χ0v) is 18.8. The van der Waals surface area contributed by atoms with Gasteiger partial charge in [-0.25, -0.2) is 9.97 Å². The number of aromatic nitrogens is 4. The van der Waals surface area contributed by atoms with Crippen LogP contribution in [0.25, 0.3) is 5.82 Å². The number of benzene rings is 1. The molecule has 0 spiro atoms. The molecule has 0 saturated heterocycles. The number of hydrogen-bond acceptors (Lipinski definition) is 5. The molecule has 0 aliphatic rings. The van der Waals surface area contributed by atoms with Crippen LogP contribution in [0.3, 0.4) is 0 Å². The van der Waals surface area contributed by atoms with Gasteiger partial charge < -0.3 is 10.1 Å². The van der Waals surface area contributed by atoms with Gasteiger partial charge in [0, 0.05) is 10.6 Å². The van der Waals surface area contributed by atoms with Crippen molar-refractivity contribution in [3.05, 3.63) is 64.8 Å². The largest absolute Gasteiger partial charge is 0.483 e. The number of hydrogen-bond donors (Lipinski definition) is 1. The van der Waals surface area contributed by atoms with Gasteiger partial charge in [0.1, 0.15) is 12.1 Å². The minimum Gasteiger partial charge on any atom is -0.483 e. The van der Waals surface area contributed by atoms with Gasteiger partial charge >= 0.3 is 12.4 Å². The zero-order valence-electron chi connectivity index (χ0n) is 17.1. The van der Waals surface area contributed by atoms with E-state index in [2.05, 4.69) is 25.1 Å². The van der Waals surface area contributed by atoms with Crippen molar-refractivity contribution < 1.29 is 35.9 Å². The fourth-order valence-electron chi connectivity index (χ4n) is 2.70. The lowest BCUT2D eigenvalue weighted by Gasteiger charge is -2.16. The number of pyridine rings is 1. The van der Waals surface area contributed by atoms with Gasteiger partial charge in [-0.2, -0.15) is 49.6 Å². The molecule has 0 radical (unpaired) electrons. The normalized spacial score (nSPS) is 12.6. The van der Waals surface area contributed by atoms with Gasteiger partial charge in [0.15, 0.2) is 18.2 Å². The van der Waals surface area contributed by atoms with Crippen molar-refractivity contribution in [1.29, 1.82) is 0 Å². The highest BCUT2D eigenvalue weighted by Crippen LogP contribution is 2.32. The molecule has 15 heteroatoms. The molecule has 3 aromatic rings. The molecule has 1 N–H and O–H groups in total. The van der Waals surface area contributed by atoms with E-state index >= 15 is 0 Å². The summed E-state index contributed by atoms with van der Waals surface area (Å²) in [6, 6.07) is 4.19. The van der Waals surface area contributed by atoms with Crippen LogP contribution in [0.15, 0.2) is 42.9 Å². The maximum absolute atomic E-state index is 13.0. The van der Waals surface area contributed by atoms with E-state index in [-0.39, 0.29) is 41.5 Å². The van der Waals surface area contributed by atoms with Crippen LogP contribution in [-0.4, -0.2) is 38.4 Å². The summed E-state index contributed by atoms with van der Waals surface area (Å²) >= 11 is 5.71. The molecule has 0 fully saturated rings. The van der Waals surface area contributed by atoms with Gasteiger partial charge in [-0.05, 0) is 37.3 Å². The molecule has 3 rings (SSSR count). The molecule has 1 atom stereocenters. The molecule has 2 aromatic heterocycles. The molecule has 1 aromatic carbocycles. The zero-order chi connectivity index (χ0) is 24.4. The Bertz CT molecular complexity index is 1140. The lowest BCUT2D eigenvalue weighted by atomic mass is 10.1. The number of amides is 1. The average Bonchev–Trinajstić information content (AvgIpc) is 3.21. The first-order valence-electron chi connectivity index (χ1n) is 9.08. The van der Waals surface area contributed by atoms with E-state index < -0.39 is 36.5 Å². The number of carbonyl (C=O) groups excluding carboxylic acids is 1. The summed E-state index contributed by atoms with van der Waals surface area (Å²) in [5, 5.41) is 6.20. The summed E-state index contributed by atoms with van der Waals surface area (Å²) in [5.41, 5.74) is -1.38. The summed E-state index contributed by atoms with van der Waals surface area (Å²) in [6.45, 7) is 0.0274. The van der Waals surface area contributed by atoms with Crippen molar-refractivity contribution in [2.75, 3.05) is 6.61 Å². The van der Waals surface area contributed by atoms with Crippen molar-refractivity contribution in [3.63, 3.8) is 0 Å². The van der Waals surface area contributed by atoms with E-state index in [4.69, 9.17) is 11.6 Å². The third kappa shape index (κ3) is 7.00. The molecular weight excluding hydrogens is 512 g/mol. The highest BCUT2D eigenvalue weighted by Gasteiger charge is 2.32. The van der Waals surface area contributed by atoms with Crippen molar-refractivity contribution in [3.8, 4) is 11.6 Å². The predicted molar refractivity (Wildman–Crippen MR) is 113 cm³/mol. The van der Waals surface area contributed by atoms with Gasteiger partial charge in [-0.3, -0.25) is 4.79 Å². The van der Waals surface area contributed by atoms with Crippen LogP contribution in [0.1, 0.15) is 34.7 Å². The van der Waals surface area contributed by atoms with E-state index in [0.29, 0.717) is 12.1 Å². The topological polar surface area (TPSA) is 81.9 Å². The smallest absolute Gasteiger partial charge is 0.422 e. The van der Waals surface area contributed by atoms with Gasteiger partial charge in [0.2, 0.25) is 0 Å². The van der Waals surface area contributed by atoms with Gasteiger partial charge in [-0.15, -0.1) is 0 Å². The summed E-state index contributed by atoms with van der Waals surface area (Å²) in [4.78, 5) is 20.5. The molecule has 0 unspecified atom stereocenters. The van der Waals surface area contributed by atoms with Gasteiger partial charge in [-0.1, -0.05) is 11.6 Å². The second-order valence-electron chi connectivity index (χ2n) is 6.71. The van der Waals surface area contributed by atoms with E-state index in [1.165, 1.54) is 23.7 Å². The fourth-order valence-corrected chi connectivity index (χ4v) is 2.93. The second kappa shape index (κ2) is 10.5. The Morgan fingerprint density at radius 1 is 1.15 bits per heavy atom. The van der Waals surface area contributed by atoms with Crippen LogP contribution < -0.4 is 10.1 Å². The summed E-state index contributed by atoms with van der Waals surface area (Å²) < 4.78 is 81.5. The van der Waals surface area contributed by atoms with E-state index in [1.54, 1.807) is 0 Å². The lowest BCUT2D eigenvalue weighted by Crippen LogP contribution is -2.29. The number of nitrogens with one attached hydrogen (secondary N) is 1. The Morgan fingerprint density at radius 3 is 2.44 bits per heavy atom. The van der Waals surface area contributed by atoms with Crippen molar-refractivity contribution >= 4 is 31.0 Å². The van der Waals surface area contributed by atoms with Crippen LogP contribution >= 0.6 is 25.1 Å². The first-order chi connectivity index (χ1) is 15.3. The molecule has 0 bridgehead atoms. The highest BCUT2D eigenvalue weighted by molar-refractivity contribution is 7.59. The molecule has 34 heavy (non-hydrogen) atoms. The molecule has 0 aliphatic carbocycles. The van der Waals surface area contributed by atoms with Crippen LogP contribution in [-0.2, 0) is 6.18 Å². The molecule has 1 amide bonds. The Hall–Kier alpha value is -3.00. The summed E-state index contributed by atoms with van der Waals surface area (Å²) in [6.07, 6.45) is -6.99. The second-order valence-corrected chi connectivity index (χ2v) is 7.14. The monoisotopic (exact) mass is 527 g/mol. The van der Waals surface area contributed by atoms with Crippen molar-refractivity contribution in [2.24, 2.45) is 0 Å². The van der Waals surface area contributed by atoms with Crippen molar-refractivity contribution in [1.82, 2.24) is 25.1 Å². The Labute approximate surface area is 200 Å². The third-order valence-electron chi connectivity index (χ3n) is 4.14. The van der Waals surface area contributed by atoms with Crippen LogP contribution in [0.4, 0.5) is 26.3 Å². The number of rotatable bonds is 6. The van der Waals surface area contributed by atoms with Crippen LogP contribution in [0.2, 0.25) is 5.02 Å². The minimum absolute atomic E-state index is 0. The number of nitrogens with zero attached hydrogens (tertiary/aromatic N) is 4. The average molecular weight is 528 g/mol. The van der Waals surface area contributed by atoms with Crippen LogP contribution in [0, 0.1) is 0 Å². The first-order valence-corrected chi connectivity index (χ1v) is 9.46. The Morgan fingerprint density at radius 2 is 1.85 bits per heavy atom. The Balaban J connectivity index is 0.00000408. The quantitative estimate of drug-likeness (QED) is 0.462. The first kappa shape index (κ1) is 27.2. The number of halogens is 7. The number of carbonyl (C=O) groups is 1. The SMILES string of the molecule is C[C@H](NC(=O)c1cc(Cl)cc(C(F)(F)F)c1)c1ncnn1-c1ccc(OCC(F)(F)F)cn1.S. The van der Waals surface area contributed by atoms with E-state index in [1.807, 2.05) is 0 Å². The molecule has 7 nitrogen and oxygen atoms in total. The molecule has 0 aliphatic heterocycles. The summed E-state index contributed by atoms with van der Waals surface area (Å²) in [5.74, 6) is -0.641. The van der Waals surface area contributed by atoms with Crippen molar-refractivity contribution in [2.45, 2.75) is 25.3 Å².